The average molecular weight is 516 g/mol. The van der Waals surface area contributed by atoms with E-state index in [1.165, 1.54) is 40.8 Å². The molecule has 36 heavy (non-hydrogen) atoms. The fourth-order valence-electron chi connectivity index (χ4n) is 4.10. The van der Waals surface area contributed by atoms with Gasteiger partial charge in [0.2, 0.25) is 10.0 Å². The first-order chi connectivity index (χ1) is 17.0. The summed E-state index contributed by atoms with van der Waals surface area (Å²) in [6, 6.07) is 10.2. The molecule has 192 valence electrons. The SMILES string of the molecule is CC1CCN(S(=O)(=O)c2cccc3cncc(Oc4ccc(F)cc4)c23)CCN1C(=O)OC(C)(C)C. The smallest absolute Gasteiger partial charge is 0.410 e. The summed E-state index contributed by atoms with van der Waals surface area (Å²) in [5.41, 5.74) is -0.646. The molecule has 0 spiro atoms. The molecule has 2 heterocycles. The van der Waals surface area contributed by atoms with Crippen molar-refractivity contribution in [3.63, 3.8) is 0 Å². The Morgan fingerprint density at radius 1 is 1.06 bits per heavy atom. The second-order valence-corrected chi connectivity index (χ2v) is 11.7. The van der Waals surface area contributed by atoms with E-state index in [9.17, 15) is 17.6 Å². The summed E-state index contributed by atoms with van der Waals surface area (Å²) < 4.78 is 53.9. The largest absolute Gasteiger partial charge is 0.455 e. The van der Waals surface area contributed by atoms with Gasteiger partial charge in [0.25, 0.3) is 0 Å². The molecule has 2 aromatic carbocycles. The van der Waals surface area contributed by atoms with Gasteiger partial charge in [-0.15, -0.1) is 0 Å². The Morgan fingerprint density at radius 2 is 1.78 bits per heavy atom. The van der Waals surface area contributed by atoms with Crippen LogP contribution in [0.15, 0.2) is 59.8 Å². The highest BCUT2D eigenvalue weighted by Crippen LogP contribution is 2.35. The molecule has 1 saturated heterocycles. The molecule has 0 saturated carbocycles. The molecule has 1 aliphatic heterocycles. The Labute approximate surface area is 210 Å². The highest BCUT2D eigenvalue weighted by Gasteiger charge is 2.34. The topological polar surface area (TPSA) is 89.0 Å². The van der Waals surface area contributed by atoms with Crippen LogP contribution in [0.25, 0.3) is 10.8 Å². The van der Waals surface area contributed by atoms with Gasteiger partial charge < -0.3 is 14.4 Å². The number of hydrogen-bond donors (Lipinski definition) is 0. The third-order valence-corrected chi connectivity index (χ3v) is 7.86. The Morgan fingerprint density at radius 3 is 2.47 bits per heavy atom. The second-order valence-electron chi connectivity index (χ2n) is 9.76. The van der Waals surface area contributed by atoms with Crippen LogP contribution < -0.4 is 4.74 Å². The van der Waals surface area contributed by atoms with Crippen molar-refractivity contribution in [3.8, 4) is 11.5 Å². The fourth-order valence-corrected chi connectivity index (χ4v) is 5.77. The summed E-state index contributed by atoms with van der Waals surface area (Å²) in [6.45, 7) is 7.86. The van der Waals surface area contributed by atoms with Crippen molar-refractivity contribution in [3.05, 3.63) is 60.7 Å². The molecular weight excluding hydrogens is 485 g/mol. The first-order valence-corrected chi connectivity index (χ1v) is 13.2. The van der Waals surface area contributed by atoms with Gasteiger partial charge in [-0.3, -0.25) is 4.98 Å². The van der Waals surface area contributed by atoms with Crippen molar-refractivity contribution in [1.29, 1.82) is 0 Å². The van der Waals surface area contributed by atoms with Gasteiger partial charge in [0.15, 0.2) is 5.75 Å². The number of benzene rings is 2. The normalized spacial score (nSPS) is 17.6. The van der Waals surface area contributed by atoms with E-state index in [0.29, 0.717) is 22.9 Å². The molecule has 0 N–H and O–H groups in total. The number of rotatable bonds is 4. The zero-order chi connectivity index (χ0) is 26.1. The molecule has 1 amide bonds. The molecule has 1 aromatic heterocycles. The summed E-state index contributed by atoms with van der Waals surface area (Å²) in [4.78, 5) is 18.5. The third kappa shape index (κ3) is 5.60. The van der Waals surface area contributed by atoms with Crippen molar-refractivity contribution in [2.75, 3.05) is 19.6 Å². The van der Waals surface area contributed by atoms with E-state index < -0.39 is 27.5 Å². The predicted octanol–water partition coefficient (Wildman–Crippen LogP) is 5.19. The molecule has 3 aromatic rings. The lowest BCUT2D eigenvalue weighted by molar-refractivity contribution is 0.0188. The van der Waals surface area contributed by atoms with E-state index >= 15 is 0 Å². The van der Waals surface area contributed by atoms with Gasteiger partial charge in [-0.2, -0.15) is 4.31 Å². The number of nitrogens with zero attached hydrogens (tertiary/aromatic N) is 3. The van der Waals surface area contributed by atoms with E-state index in [2.05, 4.69) is 4.98 Å². The number of halogens is 1. The third-order valence-electron chi connectivity index (χ3n) is 5.92. The molecule has 0 radical (unpaired) electrons. The average Bonchev–Trinajstić information content (AvgIpc) is 3.01. The number of carbonyl (C=O) groups is 1. The van der Waals surface area contributed by atoms with Gasteiger partial charge >= 0.3 is 6.09 Å². The molecule has 1 aliphatic rings. The summed E-state index contributed by atoms with van der Waals surface area (Å²) in [7, 11) is -3.95. The molecule has 4 rings (SSSR count). The van der Waals surface area contributed by atoms with Crippen LogP contribution in [-0.4, -0.2) is 60.0 Å². The van der Waals surface area contributed by atoms with Crippen molar-refractivity contribution >= 4 is 26.9 Å². The van der Waals surface area contributed by atoms with E-state index in [0.717, 1.165) is 0 Å². The summed E-state index contributed by atoms with van der Waals surface area (Å²) >= 11 is 0. The number of amides is 1. The quantitative estimate of drug-likeness (QED) is 0.475. The number of sulfonamides is 1. The zero-order valence-corrected chi connectivity index (χ0v) is 21.6. The zero-order valence-electron chi connectivity index (χ0n) is 20.8. The molecule has 1 fully saturated rings. The van der Waals surface area contributed by atoms with Crippen molar-refractivity contribution in [2.45, 2.75) is 50.7 Å². The summed E-state index contributed by atoms with van der Waals surface area (Å²) in [6.07, 6.45) is 3.02. The molecule has 8 nitrogen and oxygen atoms in total. The van der Waals surface area contributed by atoms with Crippen LogP contribution >= 0.6 is 0 Å². The molecule has 0 aliphatic carbocycles. The molecular formula is C26H30FN3O5S. The predicted molar refractivity (Wildman–Crippen MR) is 134 cm³/mol. The fraction of sp³-hybridized carbons (Fsp3) is 0.385. The van der Waals surface area contributed by atoms with Crippen LogP contribution in [-0.2, 0) is 14.8 Å². The maximum absolute atomic E-state index is 13.9. The number of fused-ring (bicyclic) bond motifs is 1. The summed E-state index contributed by atoms with van der Waals surface area (Å²) in [5.74, 6) is 0.198. The maximum Gasteiger partial charge on any atom is 0.410 e. The van der Waals surface area contributed by atoms with Gasteiger partial charge in [-0.25, -0.2) is 17.6 Å². The van der Waals surface area contributed by atoms with E-state index in [1.807, 2.05) is 6.92 Å². The Hall–Kier alpha value is -3.24. The lowest BCUT2D eigenvalue weighted by Gasteiger charge is -2.30. The minimum absolute atomic E-state index is 0.0814. The number of pyridine rings is 1. The van der Waals surface area contributed by atoms with Crippen LogP contribution in [0.4, 0.5) is 9.18 Å². The maximum atomic E-state index is 13.9. The van der Waals surface area contributed by atoms with Gasteiger partial charge in [0.1, 0.15) is 17.2 Å². The number of ether oxygens (including phenoxy) is 2. The van der Waals surface area contributed by atoms with Gasteiger partial charge in [0, 0.05) is 42.6 Å². The molecule has 0 bridgehead atoms. The van der Waals surface area contributed by atoms with Gasteiger partial charge in [-0.05, 0) is 64.4 Å². The van der Waals surface area contributed by atoms with E-state index in [1.54, 1.807) is 44.0 Å². The van der Waals surface area contributed by atoms with Crippen LogP contribution in [0.1, 0.15) is 34.1 Å². The van der Waals surface area contributed by atoms with Gasteiger partial charge in [0.05, 0.1) is 11.1 Å². The Bertz CT molecular complexity index is 1350. The van der Waals surface area contributed by atoms with Crippen molar-refractivity contribution in [2.24, 2.45) is 0 Å². The highest BCUT2D eigenvalue weighted by atomic mass is 32.2. The minimum atomic E-state index is -3.95. The number of hydrogen-bond acceptors (Lipinski definition) is 6. The second kappa shape index (κ2) is 10.0. The van der Waals surface area contributed by atoms with Crippen LogP contribution in [0.3, 0.4) is 0 Å². The Balaban J connectivity index is 1.66. The van der Waals surface area contributed by atoms with Crippen LogP contribution in [0.5, 0.6) is 11.5 Å². The first kappa shape index (κ1) is 25.8. The standard InChI is InChI=1S/C26H30FN3O5S/c1-18-12-13-29(14-15-30(18)25(31)35-26(2,3)4)36(32,33)23-7-5-6-19-16-28-17-22(24(19)23)34-21-10-8-20(27)9-11-21/h5-11,16-18H,12-15H2,1-4H3. The minimum Gasteiger partial charge on any atom is -0.455 e. The van der Waals surface area contributed by atoms with Crippen LogP contribution in [0, 0.1) is 5.82 Å². The van der Waals surface area contributed by atoms with Gasteiger partial charge in [-0.1, -0.05) is 12.1 Å². The lowest BCUT2D eigenvalue weighted by Crippen LogP contribution is -2.43. The first-order valence-electron chi connectivity index (χ1n) is 11.8. The van der Waals surface area contributed by atoms with Crippen molar-refractivity contribution < 1.29 is 27.1 Å². The van der Waals surface area contributed by atoms with Crippen molar-refractivity contribution in [1.82, 2.24) is 14.2 Å². The number of carbonyl (C=O) groups excluding carboxylic acids is 1. The van der Waals surface area contributed by atoms with E-state index in [4.69, 9.17) is 9.47 Å². The molecule has 1 atom stereocenters. The Kier molecular flexibility index (Phi) is 7.19. The van der Waals surface area contributed by atoms with Crippen LogP contribution in [0.2, 0.25) is 0 Å². The summed E-state index contributed by atoms with van der Waals surface area (Å²) in [5, 5.41) is 0.979. The molecule has 1 unspecified atom stereocenters. The number of aromatic nitrogens is 1. The lowest BCUT2D eigenvalue weighted by atomic mass is 10.1. The monoisotopic (exact) mass is 515 g/mol. The molecule has 10 heteroatoms. The highest BCUT2D eigenvalue weighted by molar-refractivity contribution is 7.89. The van der Waals surface area contributed by atoms with E-state index in [-0.39, 0.29) is 36.3 Å².